The van der Waals surface area contributed by atoms with Crippen LogP contribution in [0, 0.1) is 52.3 Å². The van der Waals surface area contributed by atoms with E-state index in [9.17, 15) is 5.11 Å². The molecular weight excluding hydrogens is 340 g/mol. The molecule has 3 unspecified atom stereocenters. The van der Waals surface area contributed by atoms with Gasteiger partial charge in [0.1, 0.15) is 0 Å². The number of hydrogen-bond acceptors (Lipinski definition) is 1. The molecule has 0 spiro atoms. The van der Waals surface area contributed by atoms with E-state index in [1.807, 2.05) is 13.8 Å². The molecule has 0 heterocycles. The topological polar surface area (TPSA) is 20.2 Å². The van der Waals surface area contributed by atoms with Gasteiger partial charge in [-0.2, -0.15) is 0 Å². The van der Waals surface area contributed by atoms with Crippen molar-refractivity contribution in [3.05, 3.63) is 0 Å². The SMILES string of the molecule is C[C@H](CCC(C)(C)O)[C@H]1CCC2C3CC[C@@H]4CC(C)(C)CC[C@@H]4C3CC[C@@]21C. The summed E-state index contributed by atoms with van der Waals surface area (Å²) >= 11 is 0. The Morgan fingerprint density at radius 3 is 2.32 bits per heavy atom. The standard InChI is InChI=1S/C27H48O/c1-18(11-15-26(4,5)28)23-9-10-24-22-8-7-19-17-25(2,3)14-12-20(19)21(22)13-16-27(23,24)6/h18-24,28H,7-17H2,1-6H3/t18-,19-,20+,21?,22?,23-,24?,27-/m1/s1. The first-order chi connectivity index (χ1) is 13.0. The van der Waals surface area contributed by atoms with Gasteiger partial charge >= 0.3 is 0 Å². The molecule has 4 rings (SSSR count). The fourth-order valence-corrected chi connectivity index (χ4v) is 9.06. The van der Waals surface area contributed by atoms with Crippen LogP contribution in [0.25, 0.3) is 0 Å². The van der Waals surface area contributed by atoms with E-state index in [1.165, 1.54) is 64.2 Å². The summed E-state index contributed by atoms with van der Waals surface area (Å²) in [4.78, 5) is 0. The number of aliphatic hydroxyl groups is 1. The summed E-state index contributed by atoms with van der Waals surface area (Å²) in [6.07, 6.45) is 15.7. The minimum absolute atomic E-state index is 0.502. The Hall–Kier alpha value is -0.0400. The quantitative estimate of drug-likeness (QED) is 0.529. The van der Waals surface area contributed by atoms with Gasteiger partial charge in [-0.15, -0.1) is 0 Å². The Kier molecular flexibility index (Phi) is 5.51. The zero-order valence-electron chi connectivity index (χ0n) is 19.8. The van der Waals surface area contributed by atoms with Crippen LogP contribution < -0.4 is 0 Å². The second kappa shape index (κ2) is 7.28. The van der Waals surface area contributed by atoms with Crippen LogP contribution in [0.15, 0.2) is 0 Å². The molecule has 4 aliphatic rings. The third-order valence-corrected chi connectivity index (χ3v) is 10.5. The molecule has 0 radical (unpaired) electrons. The van der Waals surface area contributed by atoms with Crippen LogP contribution in [0.5, 0.6) is 0 Å². The molecule has 1 nitrogen and oxygen atoms in total. The van der Waals surface area contributed by atoms with Gasteiger partial charge in [0.25, 0.3) is 0 Å². The van der Waals surface area contributed by atoms with Crippen LogP contribution in [-0.2, 0) is 0 Å². The van der Waals surface area contributed by atoms with E-state index in [0.29, 0.717) is 10.8 Å². The Labute approximate surface area is 175 Å². The monoisotopic (exact) mass is 388 g/mol. The highest BCUT2D eigenvalue weighted by atomic mass is 16.3. The summed E-state index contributed by atoms with van der Waals surface area (Å²) in [5.74, 6) is 6.84. The molecule has 0 amide bonds. The number of fused-ring (bicyclic) bond motifs is 5. The fourth-order valence-electron chi connectivity index (χ4n) is 9.06. The molecule has 1 N–H and O–H groups in total. The summed E-state index contributed by atoms with van der Waals surface area (Å²) in [5.41, 5.74) is 0.685. The molecule has 8 atom stereocenters. The van der Waals surface area contributed by atoms with Gasteiger partial charge in [0.2, 0.25) is 0 Å². The summed E-state index contributed by atoms with van der Waals surface area (Å²) < 4.78 is 0. The van der Waals surface area contributed by atoms with Crippen LogP contribution >= 0.6 is 0 Å². The van der Waals surface area contributed by atoms with Crippen molar-refractivity contribution in [2.75, 3.05) is 0 Å². The van der Waals surface area contributed by atoms with Crippen LogP contribution in [0.2, 0.25) is 0 Å². The van der Waals surface area contributed by atoms with Crippen molar-refractivity contribution in [2.45, 2.75) is 118 Å². The van der Waals surface area contributed by atoms with E-state index in [4.69, 9.17) is 0 Å². The third kappa shape index (κ3) is 3.83. The highest BCUT2D eigenvalue weighted by Crippen LogP contribution is 2.66. The molecular formula is C27H48O. The first-order valence-electron chi connectivity index (χ1n) is 12.7. The molecule has 0 aromatic carbocycles. The minimum atomic E-state index is -0.502. The van der Waals surface area contributed by atoms with Crippen molar-refractivity contribution < 1.29 is 5.11 Å². The predicted octanol–water partition coefficient (Wildman–Crippen LogP) is 7.47. The Morgan fingerprint density at radius 2 is 1.61 bits per heavy atom. The van der Waals surface area contributed by atoms with E-state index in [1.54, 1.807) is 0 Å². The molecule has 28 heavy (non-hydrogen) atoms. The molecule has 1 heteroatoms. The van der Waals surface area contributed by atoms with E-state index < -0.39 is 5.60 Å². The van der Waals surface area contributed by atoms with Crippen molar-refractivity contribution in [2.24, 2.45) is 52.3 Å². The van der Waals surface area contributed by atoms with E-state index in [-0.39, 0.29) is 0 Å². The zero-order chi connectivity index (χ0) is 20.3. The zero-order valence-corrected chi connectivity index (χ0v) is 19.8. The highest BCUT2D eigenvalue weighted by Gasteiger charge is 2.57. The molecule has 0 aliphatic heterocycles. The molecule has 0 aromatic rings. The number of rotatable bonds is 4. The van der Waals surface area contributed by atoms with Crippen molar-refractivity contribution in [1.29, 1.82) is 0 Å². The summed E-state index contributed by atoms with van der Waals surface area (Å²) in [6.45, 7) is 14.2. The van der Waals surface area contributed by atoms with Gasteiger partial charge in [0.15, 0.2) is 0 Å². The van der Waals surface area contributed by atoms with Gasteiger partial charge in [-0.25, -0.2) is 0 Å². The Bertz CT molecular complexity index is 557. The maximum atomic E-state index is 10.2. The van der Waals surface area contributed by atoms with E-state index in [0.717, 1.165) is 47.8 Å². The molecule has 4 aliphatic carbocycles. The second-order valence-corrected chi connectivity index (χ2v) is 13.4. The first-order valence-corrected chi connectivity index (χ1v) is 12.7. The molecule has 0 aromatic heterocycles. The van der Waals surface area contributed by atoms with Crippen molar-refractivity contribution in [1.82, 2.24) is 0 Å². The van der Waals surface area contributed by atoms with Gasteiger partial charge in [-0.05, 0) is 137 Å². The molecule has 0 saturated heterocycles. The average molecular weight is 389 g/mol. The smallest absolute Gasteiger partial charge is 0.0591 e. The molecule has 4 saturated carbocycles. The fraction of sp³-hybridized carbons (Fsp3) is 1.00. The summed E-state index contributed by atoms with van der Waals surface area (Å²) in [7, 11) is 0. The first kappa shape index (κ1) is 21.2. The third-order valence-electron chi connectivity index (χ3n) is 10.5. The van der Waals surface area contributed by atoms with Crippen LogP contribution in [-0.4, -0.2) is 10.7 Å². The maximum absolute atomic E-state index is 10.2. The van der Waals surface area contributed by atoms with Gasteiger partial charge < -0.3 is 5.11 Å². The highest BCUT2D eigenvalue weighted by molar-refractivity contribution is 5.07. The van der Waals surface area contributed by atoms with E-state index >= 15 is 0 Å². The Morgan fingerprint density at radius 1 is 0.893 bits per heavy atom. The van der Waals surface area contributed by atoms with E-state index in [2.05, 4.69) is 27.7 Å². The lowest BCUT2D eigenvalue weighted by atomic mass is 9.48. The van der Waals surface area contributed by atoms with Crippen LogP contribution in [0.3, 0.4) is 0 Å². The van der Waals surface area contributed by atoms with Gasteiger partial charge in [-0.1, -0.05) is 27.7 Å². The maximum Gasteiger partial charge on any atom is 0.0591 e. The van der Waals surface area contributed by atoms with Crippen molar-refractivity contribution in [3.63, 3.8) is 0 Å². The molecule has 162 valence electrons. The average Bonchev–Trinajstić information content (AvgIpc) is 2.95. The van der Waals surface area contributed by atoms with Crippen LogP contribution in [0.1, 0.15) is 112 Å². The Balaban J connectivity index is 1.45. The lowest BCUT2D eigenvalue weighted by Crippen LogP contribution is -2.49. The largest absolute Gasteiger partial charge is 0.390 e. The summed E-state index contributed by atoms with van der Waals surface area (Å²) in [6, 6.07) is 0. The van der Waals surface area contributed by atoms with Crippen molar-refractivity contribution in [3.8, 4) is 0 Å². The molecule has 4 fully saturated rings. The van der Waals surface area contributed by atoms with Crippen LogP contribution in [0.4, 0.5) is 0 Å². The van der Waals surface area contributed by atoms with Gasteiger partial charge in [-0.3, -0.25) is 0 Å². The minimum Gasteiger partial charge on any atom is -0.390 e. The lowest BCUT2D eigenvalue weighted by molar-refractivity contribution is -0.0818. The molecule has 0 bridgehead atoms. The van der Waals surface area contributed by atoms with Gasteiger partial charge in [0, 0.05) is 0 Å². The lowest BCUT2D eigenvalue weighted by Gasteiger charge is -2.57. The van der Waals surface area contributed by atoms with Gasteiger partial charge in [0.05, 0.1) is 5.60 Å². The number of hydrogen-bond donors (Lipinski definition) is 1. The summed E-state index contributed by atoms with van der Waals surface area (Å²) in [5, 5.41) is 10.2. The second-order valence-electron chi connectivity index (χ2n) is 13.4. The predicted molar refractivity (Wildman–Crippen MR) is 119 cm³/mol. The van der Waals surface area contributed by atoms with Crippen molar-refractivity contribution >= 4 is 0 Å². The normalized spacial score (nSPS) is 46.4.